The Morgan fingerprint density at radius 1 is 1.00 bits per heavy atom. The minimum atomic E-state index is -3.72. The molecule has 3 aliphatic rings. The van der Waals surface area contributed by atoms with Crippen LogP contribution in [-0.4, -0.2) is 80.4 Å². The number of anilines is 1. The molecule has 0 atom stereocenters. The molecule has 6 rings (SSSR count). The molecule has 2 fully saturated rings. The van der Waals surface area contributed by atoms with Crippen molar-refractivity contribution in [2.75, 3.05) is 51.3 Å². The Morgan fingerprint density at radius 3 is 2.51 bits per heavy atom. The third kappa shape index (κ3) is 4.66. The molecule has 4 heterocycles. The molecule has 0 aliphatic carbocycles. The van der Waals surface area contributed by atoms with Gasteiger partial charge in [0.25, 0.3) is 5.91 Å². The molecule has 0 N–H and O–H groups in total. The number of morpholine rings is 1. The molecule has 39 heavy (non-hydrogen) atoms. The van der Waals surface area contributed by atoms with Gasteiger partial charge in [-0.05, 0) is 49.6 Å². The second-order valence-electron chi connectivity index (χ2n) is 10.3. The first-order valence-electron chi connectivity index (χ1n) is 13.4. The molecule has 0 bridgehead atoms. The fourth-order valence-electron chi connectivity index (χ4n) is 5.73. The number of aromatic nitrogens is 1. The Labute approximate surface area is 228 Å². The topological polar surface area (TPSA) is 92.2 Å². The maximum absolute atomic E-state index is 13.4. The number of carbonyl (C=O) groups excluding carboxylic acids is 2. The second-order valence-corrected chi connectivity index (χ2v) is 12.2. The highest BCUT2D eigenvalue weighted by Crippen LogP contribution is 2.39. The van der Waals surface area contributed by atoms with E-state index in [1.165, 1.54) is 4.31 Å². The van der Waals surface area contributed by atoms with Crippen LogP contribution >= 0.6 is 0 Å². The third-order valence-electron chi connectivity index (χ3n) is 7.90. The monoisotopic (exact) mass is 548 g/mol. The van der Waals surface area contributed by atoms with Crippen molar-refractivity contribution in [1.82, 2.24) is 13.8 Å². The van der Waals surface area contributed by atoms with Gasteiger partial charge in [-0.25, -0.2) is 8.42 Å². The number of ether oxygens (including phenoxy) is 1. The first kappa shape index (κ1) is 25.8. The van der Waals surface area contributed by atoms with Crippen LogP contribution in [-0.2, 0) is 30.9 Å². The van der Waals surface area contributed by atoms with Gasteiger partial charge in [-0.3, -0.25) is 9.59 Å². The molecule has 0 radical (unpaired) electrons. The van der Waals surface area contributed by atoms with Crippen LogP contribution < -0.4 is 4.90 Å². The third-order valence-corrected chi connectivity index (χ3v) is 9.79. The molecule has 2 amide bonds. The molecular formula is C29H32N4O5S. The number of likely N-dealkylation sites (tertiary alicyclic amines) is 1. The van der Waals surface area contributed by atoms with Crippen molar-refractivity contribution in [1.29, 1.82) is 0 Å². The van der Waals surface area contributed by atoms with Gasteiger partial charge >= 0.3 is 0 Å². The minimum absolute atomic E-state index is 0.0923. The van der Waals surface area contributed by atoms with Crippen LogP contribution in [0.5, 0.6) is 0 Å². The second kappa shape index (κ2) is 10.3. The van der Waals surface area contributed by atoms with E-state index in [-0.39, 0.29) is 23.3 Å². The number of sulfonamides is 1. The van der Waals surface area contributed by atoms with Crippen molar-refractivity contribution in [2.45, 2.75) is 30.7 Å². The number of rotatable bonds is 5. The Kier molecular flexibility index (Phi) is 6.78. The maximum Gasteiger partial charge on any atom is 0.258 e. The fourth-order valence-corrected chi connectivity index (χ4v) is 7.16. The highest BCUT2D eigenvalue weighted by molar-refractivity contribution is 7.89. The van der Waals surface area contributed by atoms with Crippen LogP contribution in [0.25, 0.3) is 22.6 Å². The summed E-state index contributed by atoms with van der Waals surface area (Å²) in [7, 11) is -2.03. The van der Waals surface area contributed by atoms with Crippen molar-refractivity contribution in [3.8, 4) is 0 Å². The SMILES string of the molecule is CN1C(=O)/C(=C\c2cn(CC(=O)N3CCCCC3)c3ccccc23)c2cc(S(=O)(=O)N3CCOCC3)ccc21. The Morgan fingerprint density at radius 2 is 1.74 bits per heavy atom. The molecule has 0 unspecified atom stereocenters. The van der Waals surface area contributed by atoms with Crippen molar-refractivity contribution in [2.24, 2.45) is 0 Å². The molecule has 0 saturated carbocycles. The van der Waals surface area contributed by atoms with E-state index in [2.05, 4.69) is 0 Å². The zero-order valence-electron chi connectivity index (χ0n) is 22.0. The van der Waals surface area contributed by atoms with Gasteiger partial charge in [0, 0.05) is 67.0 Å². The summed E-state index contributed by atoms with van der Waals surface area (Å²) in [5.41, 5.74) is 3.39. The summed E-state index contributed by atoms with van der Waals surface area (Å²) >= 11 is 0. The molecule has 3 aromatic rings. The van der Waals surface area contributed by atoms with Crippen LogP contribution in [0, 0.1) is 0 Å². The predicted octanol–water partition coefficient (Wildman–Crippen LogP) is 3.19. The summed E-state index contributed by atoms with van der Waals surface area (Å²) in [6.07, 6.45) is 6.97. The molecule has 9 nitrogen and oxygen atoms in total. The van der Waals surface area contributed by atoms with Crippen LogP contribution in [0.3, 0.4) is 0 Å². The number of hydrogen-bond donors (Lipinski definition) is 0. The molecule has 3 aliphatic heterocycles. The summed E-state index contributed by atoms with van der Waals surface area (Å²) in [5.74, 6) is -0.109. The number of carbonyl (C=O) groups is 2. The number of amides is 2. The van der Waals surface area contributed by atoms with Crippen LogP contribution in [0.4, 0.5) is 5.69 Å². The van der Waals surface area contributed by atoms with E-state index in [0.717, 1.165) is 48.8 Å². The van der Waals surface area contributed by atoms with E-state index in [1.54, 1.807) is 30.1 Å². The van der Waals surface area contributed by atoms with Gasteiger partial charge in [0.2, 0.25) is 15.9 Å². The van der Waals surface area contributed by atoms with E-state index >= 15 is 0 Å². The summed E-state index contributed by atoms with van der Waals surface area (Å²) in [5, 5.41) is 0.928. The van der Waals surface area contributed by atoms with Crippen LogP contribution in [0.2, 0.25) is 0 Å². The summed E-state index contributed by atoms with van der Waals surface area (Å²) < 4.78 is 35.4. The number of fused-ring (bicyclic) bond motifs is 2. The van der Waals surface area contributed by atoms with Crippen molar-refractivity contribution < 1.29 is 22.7 Å². The summed E-state index contributed by atoms with van der Waals surface area (Å²) in [6, 6.07) is 12.7. The predicted molar refractivity (Wildman–Crippen MR) is 150 cm³/mol. The largest absolute Gasteiger partial charge is 0.379 e. The van der Waals surface area contributed by atoms with E-state index in [4.69, 9.17) is 4.74 Å². The fraction of sp³-hybridized carbons (Fsp3) is 0.379. The van der Waals surface area contributed by atoms with E-state index in [1.807, 2.05) is 46.0 Å². The molecule has 2 saturated heterocycles. The first-order chi connectivity index (χ1) is 18.8. The lowest BCUT2D eigenvalue weighted by molar-refractivity contribution is -0.132. The highest BCUT2D eigenvalue weighted by atomic mass is 32.2. The zero-order valence-corrected chi connectivity index (χ0v) is 22.8. The average Bonchev–Trinajstić information content (AvgIpc) is 3.43. The van der Waals surface area contributed by atoms with Gasteiger partial charge in [0.15, 0.2) is 0 Å². The Bertz CT molecular complexity index is 1580. The van der Waals surface area contributed by atoms with Gasteiger partial charge in [-0.15, -0.1) is 0 Å². The number of benzene rings is 2. The average molecular weight is 549 g/mol. The van der Waals surface area contributed by atoms with Gasteiger partial charge < -0.3 is 19.1 Å². The van der Waals surface area contributed by atoms with Gasteiger partial charge in [-0.1, -0.05) is 18.2 Å². The van der Waals surface area contributed by atoms with E-state index in [9.17, 15) is 18.0 Å². The number of hydrogen-bond acceptors (Lipinski definition) is 5. The number of piperidine rings is 1. The lowest BCUT2D eigenvalue weighted by Crippen LogP contribution is -2.40. The summed E-state index contributed by atoms with van der Waals surface area (Å²) in [6.45, 7) is 3.15. The maximum atomic E-state index is 13.4. The summed E-state index contributed by atoms with van der Waals surface area (Å²) in [4.78, 5) is 30.1. The number of para-hydroxylation sites is 1. The van der Waals surface area contributed by atoms with Crippen molar-refractivity contribution in [3.63, 3.8) is 0 Å². The lowest BCUT2D eigenvalue weighted by atomic mass is 10.0. The quantitative estimate of drug-likeness (QED) is 0.457. The van der Waals surface area contributed by atoms with Gasteiger partial charge in [-0.2, -0.15) is 4.31 Å². The van der Waals surface area contributed by atoms with Crippen molar-refractivity contribution >= 4 is 50.1 Å². The Hall–Kier alpha value is -3.47. The molecule has 0 spiro atoms. The molecular weight excluding hydrogens is 516 g/mol. The van der Waals surface area contributed by atoms with Crippen LogP contribution in [0.1, 0.15) is 30.4 Å². The first-order valence-corrected chi connectivity index (χ1v) is 14.9. The number of likely N-dealkylation sites (N-methyl/N-ethyl adjacent to an activating group) is 1. The van der Waals surface area contributed by atoms with Crippen LogP contribution in [0.15, 0.2) is 53.6 Å². The molecule has 204 valence electrons. The molecule has 1 aromatic heterocycles. The molecule has 10 heteroatoms. The standard InChI is InChI=1S/C29H32N4O5S/c1-30-26-10-9-22(39(36,37)33-13-15-38-16-14-33)18-24(26)25(29(30)35)17-21-19-32(27-8-4-3-7-23(21)27)20-28(34)31-11-5-2-6-12-31/h3-4,7-10,17-19H,2,5-6,11-16,20H2,1H3/b25-17-. The van der Waals surface area contributed by atoms with Crippen molar-refractivity contribution in [3.05, 3.63) is 59.8 Å². The molecule has 2 aromatic carbocycles. The normalized spacial score (nSPS) is 19.7. The highest BCUT2D eigenvalue weighted by Gasteiger charge is 2.33. The number of nitrogens with zero attached hydrogens (tertiary/aromatic N) is 4. The van der Waals surface area contributed by atoms with E-state index < -0.39 is 10.0 Å². The Balaban J connectivity index is 1.38. The van der Waals surface area contributed by atoms with E-state index in [0.29, 0.717) is 43.1 Å². The zero-order chi connectivity index (χ0) is 27.1. The lowest BCUT2D eigenvalue weighted by Gasteiger charge is -2.27. The van der Waals surface area contributed by atoms with Gasteiger partial charge in [0.05, 0.1) is 23.8 Å². The van der Waals surface area contributed by atoms with Gasteiger partial charge in [0.1, 0.15) is 6.54 Å². The minimum Gasteiger partial charge on any atom is -0.379 e. The smallest absolute Gasteiger partial charge is 0.258 e.